The van der Waals surface area contributed by atoms with Crippen LogP contribution in [0.3, 0.4) is 0 Å². The molecule has 92 valence electrons. The van der Waals surface area contributed by atoms with E-state index in [2.05, 4.69) is 4.98 Å². The molecule has 1 aromatic carbocycles. The second kappa shape index (κ2) is 4.64. The summed E-state index contributed by atoms with van der Waals surface area (Å²) in [5.74, 6) is -2.73. The minimum Gasteiger partial charge on any atom is -0.287 e. The molecule has 0 aliphatic heterocycles. The summed E-state index contributed by atoms with van der Waals surface area (Å²) in [5.41, 5.74) is 0.816. The SMILES string of the molecule is Cc1ccnc(C(=O)c2ccc(C)c(F)c2F)c1. The smallest absolute Gasteiger partial charge is 0.214 e. The lowest BCUT2D eigenvalue weighted by Crippen LogP contribution is -2.08. The van der Waals surface area contributed by atoms with Gasteiger partial charge >= 0.3 is 0 Å². The highest BCUT2D eigenvalue weighted by molar-refractivity contribution is 6.07. The van der Waals surface area contributed by atoms with Gasteiger partial charge in [0.1, 0.15) is 5.69 Å². The summed E-state index contributed by atoms with van der Waals surface area (Å²) in [6, 6.07) is 5.92. The van der Waals surface area contributed by atoms with Gasteiger partial charge in [0.05, 0.1) is 5.56 Å². The molecule has 2 aromatic rings. The first kappa shape index (κ1) is 12.4. The van der Waals surface area contributed by atoms with E-state index in [-0.39, 0.29) is 16.8 Å². The van der Waals surface area contributed by atoms with Crippen molar-refractivity contribution in [2.75, 3.05) is 0 Å². The molecule has 0 N–H and O–H groups in total. The van der Waals surface area contributed by atoms with Crippen LogP contribution in [0.4, 0.5) is 8.78 Å². The normalized spacial score (nSPS) is 10.4. The van der Waals surface area contributed by atoms with E-state index in [9.17, 15) is 13.6 Å². The van der Waals surface area contributed by atoms with Gasteiger partial charge in [0.2, 0.25) is 5.78 Å². The van der Waals surface area contributed by atoms with Crippen molar-refractivity contribution in [3.05, 3.63) is 64.5 Å². The predicted molar refractivity (Wildman–Crippen MR) is 63.5 cm³/mol. The molecule has 0 saturated carbocycles. The fraction of sp³-hybridized carbons (Fsp3) is 0.143. The van der Waals surface area contributed by atoms with Gasteiger partial charge in [0, 0.05) is 6.20 Å². The molecule has 1 heterocycles. The summed E-state index contributed by atoms with van der Waals surface area (Å²) in [5, 5.41) is 0. The predicted octanol–water partition coefficient (Wildman–Crippen LogP) is 3.21. The van der Waals surface area contributed by atoms with Gasteiger partial charge in [-0.15, -0.1) is 0 Å². The molecule has 0 bridgehead atoms. The molecule has 0 saturated heterocycles. The van der Waals surface area contributed by atoms with Gasteiger partial charge in [-0.1, -0.05) is 6.07 Å². The Balaban J connectivity index is 2.50. The minimum absolute atomic E-state index is 0.108. The zero-order valence-corrected chi connectivity index (χ0v) is 10.00. The van der Waals surface area contributed by atoms with Gasteiger partial charge < -0.3 is 0 Å². The molecule has 1 aromatic heterocycles. The van der Waals surface area contributed by atoms with Crippen LogP contribution in [0.2, 0.25) is 0 Å². The third-order valence-corrected chi connectivity index (χ3v) is 2.67. The lowest BCUT2D eigenvalue weighted by molar-refractivity contribution is 0.102. The summed E-state index contributed by atoms with van der Waals surface area (Å²) < 4.78 is 27.1. The Hall–Kier alpha value is -2.10. The number of carbonyl (C=O) groups excluding carboxylic acids is 1. The third kappa shape index (κ3) is 2.14. The average Bonchev–Trinajstić information content (AvgIpc) is 2.35. The monoisotopic (exact) mass is 247 g/mol. The topological polar surface area (TPSA) is 30.0 Å². The lowest BCUT2D eigenvalue weighted by Gasteiger charge is -2.05. The number of aromatic nitrogens is 1. The van der Waals surface area contributed by atoms with E-state index < -0.39 is 17.4 Å². The molecule has 0 amide bonds. The van der Waals surface area contributed by atoms with Gasteiger partial charge in [-0.25, -0.2) is 8.78 Å². The molecule has 2 nitrogen and oxygen atoms in total. The zero-order valence-electron chi connectivity index (χ0n) is 10.00. The van der Waals surface area contributed by atoms with Gasteiger partial charge in [-0.2, -0.15) is 0 Å². The molecule has 0 atom stereocenters. The highest BCUT2D eigenvalue weighted by Crippen LogP contribution is 2.18. The molecular weight excluding hydrogens is 236 g/mol. The van der Waals surface area contributed by atoms with Gasteiger partial charge in [-0.05, 0) is 43.2 Å². The molecular formula is C14H11F2NO. The van der Waals surface area contributed by atoms with Crippen LogP contribution in [0.15, 0.2) is 30.5 Å². The number of carbonyl (C=O) groups is 1. The number of aryl methyl sites for hydroxylation is 2. The summed E-state index contributed by atoms with van der Waals surface area (Å²) in [6.07, 6.45) is 1.46. The third-order valence-electron chi connectivity index (χ3n) is 2.67. The molecule has 0 radical (unpaired) electrons. The van der Waals surface area contributed by atoms with Gasteiger partial charge in [0.25, 0.3) is 0 Å². The number of rotatable bonds is 2. The van der Waals surface area contributed by atoms with Crippen LogP contribution in [0.25, 0.3) is 0 Å². The van der Waals surface area contributed by atoms with E-state index in [4.69, 9.17) is 0 Å². The largest absolute Gasteiger partial charge is 0.287 e. The fourth-order valence-corrected chi connectivity index (χ4v) is 1.62. The standard InChI is InChI=1S/C14H11F2NO/c1-8-5-6-17-11(7-8)14(18)10-4-3-9(2)12(15)13(10)16/h3-7H,1-2H3. The van der Waals surface area contributed by atoms with Crippen molar-refractivity contribution in [2.24, 2.45) is 0 Å². The second-order valence-electron chi connectivity index (χ2n) is 4.11. The second-order valence-corrected chi connectivity index (χ2v) is 4.11. The van der Waals surface area contributed by atoms with Gasteiger partial charge in [-0.3, -0.25) is 9.78 Å². The van der Waals surface area contributed by atoms with E-state index in [1.54, 1.807) is 19.1 Å². The summed E-state index contributed by atoms with van der Waals surface area (Å²) in [6.45, 7) is 3.24. The number of hydrogen-bond donors (Lipinski definition) is 0. The Kier molecular flexibility index (Phi) is 3.19. The molecule has 0 aliphatic carbocycles. The lowest BCUT2D eigenvalue weighted by atomic mass is 10.0. The number of ketones is 1. The first-order valence-electron chi connectivity index (χ1n) is 5.42. The van der Waals surface area contributed by atoms with Crippen molar-refractivity contribution in [1.82, 2.24) is 4.98 Å². The molecule has 18 heavy (non-hydrogen) atoms. The highest BCUT2D eigenvalue weighted by Gasteiger charge is 2.19. The molecule has 0 spiro atoms. The van der Waals surface area contributed by atoms with Crippen LogP contribution >= 0.6 is 0 Å². The van der Waals surface area contributed by atoms with Crippen molar-refractivity contribution in [3.8, 4) is 0 Å². The number of pyridine rings is 1. The van der Waals surface area contributed by atoms with E-state index in [1.165, 1.54) is 25.3 Å². The molecule has 2 rings (SSSR count). The summed E-state index contributed by atoms with van der Waals surface area (Å²) >= 11 is 0. The zero-order chi connectivity index (χ0) is 13.3. The maximum atomic E-state index is 13.7. The quantitative estimate of drug-likeness (QED) is 0.763. The maximum absolute atomic E-state index is 13.7. The van der Waals surface area contributed by atoms with Crippen LogP contribution in [0.1, 0.15) is 27.2 Å². The van der Waals surface area contributed by atoms with Crippen LogP contribution < -0.4 is 0 Å². The molecule has 4 heteroatoms. The number of halogens is 2. The van der Waals surface area contributed by atoms with Crippen molar-refractivity contribution in [2.45, 2.75) is 13.8 Å². The Morgan fingerprint density at radius 2 is 1.83 bits per heavy atom. The van der Waals surface area contributed by atoms with Crippen molar-refractivity contribution < 1.29 is 13.6 Å². The Bertz CT molecular complexity index is 623. The Labute approximate surface area is 103 Å². The van der Waals surface area contributed by atoms with Crippen LogP contribution in [0.5, 0.6) is 0 Å². The van der Waals surface area contributed by atoms with E-state index in [0.717, 1.165) is 5.56 Å². The summed E-state index contributed by atoms with van der Waals surface area (Å²) in [4.78, 5) is 15.9. The summed E-state index contributed by atoms with van der Waals surface area (Å²) in [7, 11) is 0. The maximum Gasteiger partial charge on any atom is 0.214 e. The number of hydrogen-bond acceptors (Lipinski definition) is 2. The first-order chi connectivity index (χ1) is 8.50. The average molecular weight is 247 g/mol. The van der Waals surface area contributed by atoms with Crippen LogP contribution in [-0.2, 0) is 0 Å². The first-order valence-corrected chi connectivity index (χ1v) is 5.42. The van der Waals surface area contributed by atoms with E-state index in [1.807, 2.05) is 0 Å². The van der Waals surface area contributed by atoms with Crippen molar-refractivity contribution in [3.63, 3.8) is 0 Å². The minimum atomic E-state index is -1.12. The van der Waals surface area contributed by atoms with Crippen LogP contribution in [0, 0.1) is 25.5 Å². The van der Waals surface area contributed by atoms with E-state index in [0.29, 0.717) is 0 Å². The molecule has 0 aliphatic rings. The fourth-order valence-electron chi connectivity index (χ4n) is 1.62. The van der Waals surface area contributed by atoms with Gasteiger partial charge in [0.15, 0.2) is 11.6 Å². The number of nitrogens with zero attached hydrogens (tertiary/aromatic N) is 1. The number of benzene rings is 1. The Morgan fingerprint density at radius 3 is 2.50 bits per heavy atom. The van der Waals surface area contributed by atoms with E-state index >= 15 is 0 Å². The van der Waals surface area contributed by atoms with Crippen LogP contribution in [-0.4, -0.2) is 10.8 Å². The molecule has 0 fully saturated rings. The van der Waals surface area contributed by atoms with Crippen molar-refractivity contribution in [1.29, 1.82) is 0 Å². The Morgan fingerprint density at radius 1 is 1.11 bits per heavy atom. The van der Waals surface area contributed by atoms with Crippen molar-refractivity contribution >= 4 is 5.78 Å². The molecule has 0 unspecified atom stereocenters. The highest BCUT2D eigenvalue weighted by atomic mass is 19.2.